The van der Waals surface area contributed by atoms with E-state index >= 15 is 0 Å². The van der Waals surface area contributed by atoms with Crippen molar-refractivity contribution in [2.24, 2.45) is 5.92 Å². The Bertz CT molecular complexity index is 688. The van der Waals surface area contributed by atoms with Gasteiger partial charge < -0.3 is 19.5 Å². The molecule has 2 bridgehead atoms. The molecule has 130 valence electrons. The zero-order valence-electron chi connectivity index (χ0n) is 14.5. The third-order valence-electron chi connectivity index (χ3n) is 6.63. The first-order chi connectivity index (χ1) is 11.5. The fraction of sp³-hybridized carbons (Fsp3) is 0.632. The highest BCUT2D eigenvalue weighted by Gasteiger charge is 2.58. The van der Waals surface area contributed by atoms with E-state index in [0.29, 0.717) is 24.1 Å². The van der Waals surface area contributed by atoms with Crippen molar-refractivity contribution < 1.29 is 19.4 Å². The first kappa shape index (κ1) is 15.9. The van der Waals surface area contributed by atoms with Gasteiger partial charge in [-0.3, -0.25) is 4.79 Å². The van der Waals surface area contributed by atoms with E-state index in [2.05, 4.69) is 18.0 Å². The highest BCUT2D eigenvalue weighted by molar-refractivity contribution is 5.86. The Labute approximate surface area is 142 Å². The molecule has 0 amide bonds. The van der Waals surface area contributed by atoms with Crippen LogP contribution in [0.1, 0.15) is 30.4 Å². The molecule has 1 saturated heterocycles. The molecule has 1 unspecified atom stereocenters. The average Bonchev–Trinajstić information content (AvgIpc) is 2.57. The van der Waals surface area contributed by atoms with Crippen molar-refractivity contribution in [3.8, 4) is 11.5 Å². The maximum Gasteiger partial charge on any atom is 0.162 e. The number of likely N-dealkylation sites (N-methyl/N-ethyl adjacent to an activating group) is 1. The summed E-state index contributed by atoms with van der Waals surface area (Å²) >= 11 is 0. The van der Waals surface area contributed by atoms with Gasteiger partial charge in [0.25, 0.3) is 0 Å². The molecule has 5 nitrogen and oxygen atoms in total. The van der Waals surface area contributed by atoms with Crippen LogP contribution in [-0.4, -0.2) is 55.7 Å². The standard InChI is InChI=1S/C19H25NO4/c1-20-7-6-19-10-14(21)16(24-3)9-12(19)13(20)8-11-4-5-15(23-2)18(22)17(11)19/h4-5,12-13,16,22H,6-10H2,1-3H3/t12-,13+,16?,19-/m0/s1. The first-order valence-corrected chi connectivity index (χ1v) is 8.67. The molecule has 24 heavy (non-hydrogen) atoms. The van der Waals surface area contributed by atoms with Gasteiger partial charge in [0.05, 0.1) is 7.11 Å². The summed E-state index contributed by atoms with van der Waals surface area (Å²) < 4.78 is 10.8. The van der Waals surface area contributed by atoms with Crippen LogP contribution in [-0.2, 0) is 21.4 Å². The molecule has 1 heterocycles. The van der Waals surface area contributed by atoms with Crippen LogP contribution in [0.3, 0.4) is 0 Å². The van der Waals surface area contributed by atoms with Crippen molar-refractivity contribution >= 4 is 5.78 Å². The van der Waals surface area contributed by atoms with Gasteiger partial charge in [0.15, 0.2) is 17.3 Å². The molecule has 2 aliphatic carbocycles. The number of fused-ring (bicyclic) bond motifs is 1. The summed E-state index contributed by atoms with van der Waals surface area (Å²) in [5.41, 5.74) is 1.83. The minimum absolute atomic E-state index is 0.159. The summed E-state index contributed by atoms with van der Waals surface area (Å²) in [6, 6.07) is 4.29. The largest absolute Gasteiger partial charge is 0.504 e. The highest BCUT2D eigenvalue weighted by atomic mass is 16.5. The molecule has 5 heteroatoms. The van der Waals surface area contributed by atoms with E-state index in [0.717, 1.165) is 36.9 Å². The number of phenolic OH excluding ortho intramolecular Hbond substituents is 1. The number of Topliss-reactive ketones (excluding diaryl/α,β-unsaturated/α-hetero) is 1. The molecular formula is C19H25NO4. The Hall–Kier alpha value is -1.59. The van der Waals surface area contributed by atoms with Crippen LogP contribution < -0.4 is 4.74 Å². The zero-order valence-corrected chi connectivity index (χ0v) is 14.5. The lowest BCUT2D eigenvalue weighted by molar-refractivity contribution is -0.141. The lowest BCUT2D eigenvalue weighted by atomic mass is 9.51. The summed E-state index contributed by atoms with van der Waals surface area (Å²) in [5.74, 6) is 1.21. The monoisotopic (exact) mass is 331 g/mol. The number of rotatable bonds is 2. The van der Waals surface area contributed by atoms with E-state index < -0.39 is 0 Å². The van der Waals surface area contributed by atoms with Crippen molar-refractivity contribution in [2.45, 2.75) is 43.2 Å². The van der Waals surface area contributed by atoms with E-state index in [4.69, 9.17) is 9.47 Å². The Morgan fingerprint density at radius 2 is 2.12 bits per heavy atom. The summed E-state index contributed by atoms with van der Waals surface area (Å²) in [4.78, 5) is 15.1. The van der Waals surface area contributed by atoms with Gasteiger partial charge in [-0.15, -0.1) is 0 Å². The number of piperidine rings is 1. The predicted octanol–water partition coefficient (Wildman–Crippen LogP) is 1.89. The van der Waals surface area contributed by atoms with Crippen LogP contribution in [0.4, 0.5) is 0 Å². The molecule has 0 radical (unpaired) electrons. The first-order valence-electron chi connectivity index (χ1n) is 8.67. The number of methoxy groups -OCH3 is 2. The number of ketones is 1. The fourth-order valence-corrected chi connectivity index (χ4v) is 5.45. The smallest absolute Gasteiger partial charge is 0.162 e. The van der Waals surface area contributed by atoms with Gasteiger partial charge >= 0.3 is 0 Å². The second kappa shape index (κ2) is 5.46. The number of ether oxygens (including phenoxy) is 2. The number of hydrogen-bond acceptors (Lipinski definition) is 5. The number of hydrogen-bond donors (Lipinski definition) is 1. The van der Waals surface area contributed by atoms with Gasteiger partial charge in [0.1, 0.15) is 6.10 Å². The third-order valence-corrected chi connectivity index (χ3v) is 6.63. The van der Waals surface area contributed by atoms with Crippen LogP contribution in [0.5, 0.6) is 11.5 Å². The molecule has 1 saturated carbocycles. The Balaban J connectivity index is 1.91. The van der Waals surface area contributed by atoms with E-state index in [1.165, 1.54) is 0 Å². The number of carbonyl (C=O) groups excluding carboxylic acids is 1. The molecule has 4 atom stereocenters. The second-order valence-corrected chi connectivity index (χ2v) is 7.52. The number of aromatic hydroxyl groups is 1. The molecule has 1 aromatic carbocycles. The van der Waals surface area contributed by atoms with Crippen LogP contribution in [0.25, 0.3) is 0 Å². The van der Waals surface area contributed by atoms with Crippen molar-refractivity contribution in [3.05, 3.63) is 23.3 Å². The van der Waals surface area contributed by atoms with E-state index in [9.17, 15) is 9.90 Å². The van der Waals surface area contributed by atoms with E-state index in [1.54, 1.807) is 14.2 Å². The van der Waals surface area contributed by atoms with Crippen LogP contribution >= 0.6 is 0 Å². The van der Waals surface area contributed by atoms with Crippen molar-refractivity contribution in [2.75, 3.05) is 27.8 Å². The van der Waals surface area contributed by atoms with Gasteiger partial charge in [-0.2, -0.15) is 0 Å². The van der Waals surface area contributed by atoms with Gasteiger partial charge in [0, 0.05) is 30.6 Å². The summed E-state index contributed by atoms with van der Waals surface area (Å²) in [6.45, 7) is 0.947. The molecule has 3 aliphatic rings. The average molecular weight is 331 g/mol. The normalized spacial score (nSPS) is 35.3. The topological polar surface area (TPSA) is 59.0 Å². The maximum atomic E-state index is 12.7. The Kier molecular flexibility index (Phi) is 3.62. The number of nitrogens with zero attached hydrogens (tertiary/aromatic N) is 1. The molecule has 1 aromatic rings. The maximum absolute atomic E-state index is 12.7. The Morgan fingerprint density at radius 3 is 2.83 bits per heavy atom. The zero-order chi connectivity index (χ0) is 17.1. The van der Waals surface area contributed by atoms with Gasteiger partial charge in [-0.25, -0.2) is 0 Å². The lowest BCUT2D eigenvalue weighted by Gasteiger charge is -2.58. The van der Waals surface area contributed by atoms with Crippen LogP contribution in [0.2, 0.25) is 0 Å². The quantitative estimate of drug-likeness (QED) is 0.897. The molecule has 4 rings (SSSR count). The van der Waals surface area contributed by atoms with Crippen LogP contribution in [0, 0.1) is 5.92 Å². The number of carbonyl (C=O) groups is 1. The van der Waals surface area contributed by atoms with Crippen molar-refractivity contribution in [1.29, 1.82) is 0 Å². The Morgan fingerprint density at radius 1 is 1.33 bits per heavy atom. The summed E-state index contributed by atoms with van der Waals surface area (Å²) in [6.07, 6.45) is 2.67. The minimum Gasteiger partial charge on any atom is -0.504 e. The molecule has 0 aromatic heterocycles. The summed E-state index contributed by atoms with van der Waals surface area (Å²) in [5, 5.41) is 10.9. The molecular weight excluding hydrogens is 306 g/mol. The van der Waals surface area contributed by atoms with Crippen LogP contribution in [0.15, 0.2) is 12.1 Å². The van der Waals surface area contributed by atoms with Crippen molar-refractivity contribution in [1.82, 2.24) is 4.90 Å². The molecule has 0 spiro atoms. The lowest BCUT2D eigenvalue weighted by Crippen LogP contribution is -2.63. The fourth-order valence-electron chi connectivity index (χ4n) is 5.45. The summed E-state index contributed by atoms with van der Waals surface area (Å²) in [7, 11) is 5.36. The predicted molar refractivity (Wildman–Crippen MR) is 89.6 cm³/mol. The van der Waals surface area contributed by atoms with Gasteiger partial charge in [0.2, 0.25) is 0 Å². The highest BCUT2D eigenvalue weighted by Crippen LogP contribution is 2.58. The SMILES string of the molecule is COc1ccc2c(c1O)[C@]13CCN(C)[C@H](C2)[C@@H]1CC(OC)C(=O)C3. The number of phenols is 1. The second-order valence-electron chi connectivity index (χ2n) is 7.52. The number of likely N-dealkylation sites (tertiary alicyclic amines) is 1. The van der Waals surface area contributed by atoms with Crippen molar-refractivity contribution in [3.63, 3.8) is 0 Å². The molecule has 1 aliphatic heterocycles. The minimum atomic E-state index is -0.313. The van der Waals surface area contributed by atoms with E-state index in [1.807, 2.05) is 6.07 Å². The number of benzene rings is 1. The molecule has 1 N–H and O–H groups in total. The molecule has 2 fully saturated rings. The van der Waals surface area contributed by atoms with E-state index in [-0.39, 0.29) is 23.1 Å². The van der Waals surface area contributed by atoms with Gasteiger partial charge in [-0.05, 0) is 50.4 Å². The third kappa shape index (κ3) is 1.97. The van der Waals surface area contributed by atoms with Gasteiger partial charge in [-0.1, -0.05) is 6.07 Å².